The molecule has 3 aromatic carbocycles. The predicted molar refractivity (Wildman–Crippen MR) is 148 cm³/mol. The molecule has 0 aliphatic rings. The zero-order valence-electron chi connectivity index (χ0n) is 21.4. The molecular weight excluding hydrogens is 562 g/mol. The molecule has 0 saturated carbocycles. The summed E-state index contributed by atoms with van der Waals surface area (Å²) < 4.78 is 55.1. The molecule has 0 radical (unpaired) electrons. The van der Waals surface area contributed by atoms with Gasteiger partial charge in [0.2, 0.25) is 20.0 Å². The number of sulfonamides is 2. The molecule has 3 aromatic rings. The van der Waals surface area contributed by atoms with Gasteiger partial charge in [-0.2, -0.15) is 0 Å². The highest BCUT2D eigenvalue weighted by atomic mass is 32.2. The van der Waals surface area contributed by atoms with Crippen LogP contribution in [0.5, 0.6) is 0 Å². The molecular formula is C25H29N5O8S2. The van der Waals surface area contributed by atoms with Gasteiger partial charge >= 0.3 is 0 Å². The second-order valence-electron chi connectivity index (χ2n) is 8.77. The summed E-state index contributed by atoms with van der Waals surface area (Å²) in [6, 6.07) is 18.9. The fourth-order valence-electron chi connectivity index (χ4n) is 3.79. The molecule has 2 N–H and O–H groups in total. The fourth-order valence-corrected chi connectivity index (χ4v) is 5.94. The van der Waals surface area contributed by atoms with Gasteiger partial charge in [-0.1, -0.05) is 30.3 Å². The van der Waals surface area contributed by atoms with Crippen molar-refractivity contribution in [2.24, 2.45) is 0 Å². The molecule has 0 unspecified atom stereocenters. The van der Waals surface area contributed by atoms with Gasteiger partial charge in [0.05, 0.1) is 19.6 Å². The van der Waals surface area contributed by atoms with E-state index in [2.05, 4.69) is 14.3 Å². The molecule has 15 heteroatoms. The molecule has 0 heterocycles. The van der Waals surface area contributed by atoms with E-state index in [1.54, 1.807) is 0 Å². The number of benzene rings is 3. The highest BCUT2D eigenvalue weighted by Crippen LogP contribution is 2.17. The number of non-ortho nitro benzene ring substituents is 2. The Balaban J connectivity index is 1.52. The molecule has 0 fully saturated rings. The molecule has 3 rings (SSSR count). The topological polar surface area (TPSA) is 182 Å². The average molecular weight is 592 g/mol. The van der Waals surface area contributed by atoms with Crippen LogP contribution < -0.4 is 9.44 Å². The third-order valence-electron chi connectivity index (χ3n) is 5.85. The van der Waals surface area contributed by atoms with Gasteiger partial charge in [0.1, 0.15) is 0 Å². The van der Waals surface area contributed by atoms with Gasteiger partial charge in [0.15, 0.2) is 0 Å². The van der Waals surface area contributed by atoms with Crippen molar-refractivity contribution >= 4 is 31.4 Å². The SMILES string of the molecule is O=[N+]([O-])c1ccc(S(=O)(=O)NCCCN(CCCNS(=O)(=O)c2ccc([N+](=O)[O-])cc2)Cc2ccccc2)cc1. The van der Waals surface area contributed by atoms with Gasteiger partial charge < -0.3 is 0 Å². The molecule has 0 aliphatic heterocycles. The summed E-state index contributed by atoms with van der Waals surface area (Å²) in [5.74, 6) is 0. The van der Waals surface area contributed by atoms with Crippen molar-refractivity contribution in [2.45, 2.75) is 29.2 Å². The summed E-state index contributed by atoms with van der Waals surface area (Å²) in [7, 11) is -7.67. The van der Waals surface area contributed by atoms with Crippen LogP contribution in [-0.2, 0) is 26.6 Å². The molecule has 0 saturated heterocycles. The van der Waals surface area contributed by atoms with E-state index in [0.717, 1.165) is 29.8 Å². The van der Waals surface area contributed by atoms with Gasteiger partial charge in [0.25, 0.3) is 11.4 Å². The van der Waals surface area contributed by atoms with Crippen molar-refractivity contribution in [2.75, 3.05) is 26.2 Å². The van der Waals surface area contributed by atoms with Crippen LogP contribution in [-0.4, -0.2) is 57.8 Å². The Hall–Kier alpha value is -3.76. The van der Waals surface area contributed by atoms with Crippen molar-refractivity contribution in [1.82, 2.24) is 14.3 Å². The average Bonchev–Trinajstić information content (AvgIpc) is 2.94. The quantitative estimate of drug-likeness (QED) is 0.144. The van der Waals surface area contributed by atoms with Crippen molar-refractivity contribution in [1.29, 1.82) is 0 Å². The first kappa shape index (κ1) is 30.8. The van der Waals surface area contributed by atoms with Crippen LogP contribution in [0.15, 0.2) is 88.7 Å². The lowest BCUT2D eigenvalue weighted by molar-refractivity contribution is -0.385. The molecule has 13 nitrogen and oxygen atoms in total. The summed E-state index contributed by atoms with van der Waals surface area (Å²) in [5.41, 5.74) is 0.636. The fraction of sp³-hybridized carbons (Fsp3) is 0.280. The first-order valence-electron chi connectivity index (χ1n) is 12.2. The maximum Gasteiger partial charge on any atom is 0.269 e. The van der Waals surface area contributed by atoms with E-state index in [0.29, 0.717) is 32.5 Å². The van der Waals surface area contributed by atoms with Crippen molar-refractivity contribution in [3.8, 4) is 0 Å². The number of nitro groups is 2. The number of hydrogen-bond acceptors (Lipinski definition) is 9. The summed E-state index contributed by atoms with van der Waals surface area (Å²) in [6.45, 7) is 1.89. The van der Waals surface area contributed by atoms with Crippen LogP contribution in [0, 0.1) is 20.2 Å². The van der Waals surface area contributed by atoms with Gasteiger partial charge in [-0.05, 0) is 55.8 Å². The molecule has 0 spiro atoms. The van der Waals surface area contributed by atoms with Gasteiger partial charge in [-0.25, -0.2) is 26.3 Å². The lowest BCUT2D eigenvalue weighted by Gasteiger charge is -2.22. The van der Waals surface area contributed by atoms with Crippen molar-refractivity contribution < 1.29 is 26.7 Å². The highest BCUT2D eigenvalue weighted by molar-refractivity contribution is 7.89. The lowest BCUT2D eigenvalue weighted by atomic mass is 10.2. The third-order valence-corrected chi connectivity index (χ3v) is 8.80. The molecule has 40 heavy (non-hydrogen) atoms. The van der Waals surface area contributed by atoms with Crippen LogP contribution in [0.3, 0.4) is 0 Å². The maximum atomic E-state index is 12.5. The van der Waals surface area contributed by atoms with Crippen molar-refractivity contribution in [3.05, 3.63) is 105 Å². The standard InChI is InChI=1S/C25H29N5O8S2/c31-29(32)22-8-12-24(13-9-22)39(35,36)26-16-4-18-28(20-21-6-2-1-3-7-21)19-5-17-27-40(37,38)25-14-10-23(11-15-25)30(33)34/h1-3,6-15,26-27H,4-5,16-20H2. The Morgan fingerprint density at radius 1 is 0.625 bits per heavy atom. The first-order valence-corrected chi connectivity index (χ1v) is 15.2. The van der Waals surface area contributed by atoms with Crippen molar-refractivity contribution in [3.63, 3.8) is 0 Å². The molecule has 0 amide bonds. The Kier molecular flexibility index (Phi) is 10.8. The van der Waals surface area contributed by atoms with Crippen LogP contribution >= 0.6 is 0 Å². The number of nitro benzene ring substituents is 2. The second kappa shape index (κ2) is 14.0. The van der Waals surface area contributed by atoms with E-state index < -0.39 is 29.9 Å². The van der Waals surface area contributed by atoms with Crippen LogP contribution in [0.25, 0.3) is 0 Å². The molecule has 0 aliphatic carbocycles. The Morgan fingerprint density at radius 2 is 1.02 bits per heavy atom. The maximum absolute atomic E-state index is 12.5. The summed E-state index contributed by atoms with van der Waals surface area (Å²) in [5, 5.41) is 21.6. The van der Waals surface area contributed by atoms with E-state index >= 15 is 0 Å². The zero-order valence-corrected chi connectivity index (χ0v) is 23.0. The summed E-state index contributed by atoms with van der Waals surface area (Å²) >= 11 is 0. The van der Waals surface area contributed by atoms with E-state index in [1.165, 1.54) is 24.3 Å². The van der Waals surface area contributed by atoms with Gasteiger partial charge in [-0.3, -0.25) is 25.1 Å². The number of rotatable bonds is 16. The molecule has 0 atom stereocenters. The van der Waals surface area contributed by atoms with E-state index in [1.807, 2.05) is 30.3 Å². The normalized spacial score (nSPS) is 11.9. The monoisotopic (exact) mass is 591 g/mol. The van der Waals surface area contributed by atoms with Crippen LogP contribution in [0.4, 0.5) is 11.4 Å². The molecule has 0 bridgehead atoms. The van der Waals surface area contributed by atoms with E-state index in [-0.39, 0.29) is 34.3 Å². The van der Waals surface area contributed by atoms with Crippen LogP contribution in [0.2, 0.25) is 0 Å². The van der Waals surface area contributed by atoms with Crippen LogP contribution in [0.1, 0.15) is 18.4 Å². The van der Waals surface area contributed by atoms with Gasteiger partial charge in [-0.15, -0.1) is 0 Å². The number of hydrogen-bond donors (Lipinski definition) is 2. The minimum atomic E-state index is -3.84. The van der Waals surface area contributed by atoms with Gasteiger partial charge in [0, 0.05) is 43.9 Å². The number of nitrogens with zero attached hydrogens (tertiary/aromatic N) is 3. The minimum Gasteiger partial charge on any atom is -0.299 e. The summed E-state index contributed by atoms with van der Waals surface area (Å²) in [6.07, 6.45) is 0.932. The summed E-state index contributed by atoms with van der Waals surface area (Å²) in [4.78, 5) is 22.3. The third kappa shape index (κ3) is 9.17. The minimum absolute atomic E-state index is 0.0699. The Morgan fingerprint density at radius 3 is 1.40 bits per heavy atom. The molecule has 0 aromatic heterocycles. The highest BCUT2D eigenvalue weighted by Gasteiger charge is 2.17. The lowest BCUT2D eigenvalue weighted by Crippen LogP contribution is -2.32. The molecule has 214 valence electrons. The largest absolute Gasteiger partial charge is 0.299 e. The van der Waals surface area contributed by atoms with E-state index in [9.17, 15) is 37.1 Å². The number of nitrogens with one attached hydrogen (secondary N) is 2. The van der Waals surface area contributed by atoms with E-state index in [4.69, 9.17) is 0 Å². The predicted octanol–water partition coefficient (Wildman–Crippen LogP) is 3.04. The first-order chi connectivity index (χ1) is 19.0. The zero-order chi connectivity index (χ0) is 29.2. The Labute approximate surface area is 232 Å². The second-order valence-corrected chi connectivity index (χ2v) is 12.3. The smallest absolute Gasteiger partial charge is 0.269 e. The Bertz CT molecular complexity index is 1400.